The zero-order valence-electron chi connectivity index (χ0n) is 20.2. The minimum atomic E-state index is -1.07. The van der Waals surface area contributed by atoms with Crippen LogP contribution in [0.4, 0.5) is 10.7 Å². The number of carbonyl (C=O) groups excluding carboxylic acids is 4. The Morgan fingerprint density at radius 1 is 1.17 bits per heavy atom. The van der Waals surface area contributed by atoms with Gasteiger partial charge in [-0.3, -0.25) is 9.59 Å². The first-order valence-corrected chi connectivity index (χ1v) is 12.8. The highest BCUT2D eigenvalue weighted by molar-refractivity contribution is 7.17. The van der Waals surface area contributed by atoms with Gasteiger partial charge in [-0.25, -0.2) is 9.59 Å². The fraction of sp³-hybridized carbons (Fsp3) is 0.462. The molecule has 4 rings (SSSR count). The van der Waals surface area contributed by atoms with Gasteiger partial charge in [0, 0.05) is 23.5 Å². The Morgan fingerprint density at radius 2 is 1.91 bits per heavy atom. The molecule has 8 nitrogen and oxygen atoms in total. The van der Waals surface area contributed by atoms with Gasteiger partial charge in [0.2, 0.25) is 5.91 Å². The largest absolute Gasteiger partial charge is 0.462 e. The van der Waals surface area contributed by atoms with E-state index in [9.17, 15) is 19.2 Å². The van der Waals surface area contributed by atoms with Crippen molar-refractivity contribution < 1.29 is 28.7 Å². The van der Waals surface area contributed by atoms with Gasteiger partial charge in [-0.2, -0.15) is 0 Å². The van der Waals surface area contributed by atoms with Crippen LogP contribution < -0.4 is 10.2 Å². The van der Waals surface area contributed by atoms with Crippen molar-refractivity contribution >= 4 is 45.8 Å². The van der Waals surface area contributed by atoms with Crippen LogP contribution in [0.15, 0.2) is 24.3 Å². The molecule has 0 bridgehead atoms. The van der Waals surface area contributed by atoms with Gasteiger partial charge in [0.15, 0.2) is 6.10 Å². The summed E-state index contributed by atoms with van der Waals surface area (Å²) in [6.07, 6.45) is 2.87. The van der Waals surface area contributed by atoms with Crippen molar-refractivity contribution in [2.45, 2.75) is 59.0 Å². The molecular weight excluding hydrogens is 468 g/mol. The third kappa shape index (κ3) is 5.40. The number of benzene rings is 1. The molecule has 2 unspecified atom stereocenters. The normalized spacial score (nSPS) is 18.1. The number of fused-ring (bicyclic) bond motifs is 1. The average molecular weight is 499 g/mol. The first-order valence-electron chi connectivity index (χ1n) is 12.0. The smallest absolute Gasteiger partial charge is 0.341 e. The lowest BCUT2D eigenvalue weighted by molar-refractivity contribution is -0.123. The van der Waals surface area contributed by atoms with Crippen LogP contribution in [0.2, 0.25) is 0 Å². The number of nitrogens with one attached hydrogen (secondary N) is 1. The summed E-state index contributed by atoms with van der Waals surface area (Å²) < 4.78 is 10.6. The third-order valence-corrected chi connectivity index (χ3v) is 7.54. The summed E-state index contributed by atoms with van der Waals surface area (Å²) in [5, 5.41) is 3.23. The number of hydrogen-bond donors (Lipinski definition) is 1. The first kappa shape index (κ1) is 24.9. The SMILES string of the molecule is CCOC(=O)c1c(NC(=O)C(C)OC(=O)c2ccc(N3CCCC3=O)cc2)sc2c1CCC(C)C2. The van der Waals surface area contributed by atoms with E-state index < -0.39 is 23.9 Å². The molecule has 1 aliphatic heterocycles. The minimum Gasteiger partial charge on any atom is -0.462 e. The Hall–Kier alpha value is -3.20. The van der Waals surface area contributed by atoms with Crippen molar-refractivity contribution in [1.82, 2.24) is 0 Å². The Labute approximate surface area is 208 Å². The zero-order chi connectivity index (χ0) is 25.1. The molecule has 0 radical (unpaired) electrons. The van der Waals surface area contributed by atoms with E-state index >= 15 is 0 Å². The second kappa shape index (κ2) is 10.6. The summed E-state index contributed by atoms with van der Waals surface area (Å²) in [6.45, 7) is 6.31. The summed E-state index contributed by atoms with van der Waals surface area (Å²) in [5.41, 5.74) is 2.38. The molecule has 1 aromatic carbocycles. The van der Waals surface area contributed by atoms with Crippen LogP contribution in [-0.2, 0) is 31.9 Å². The summed E-state index contributed by atoms with van der Waals surface area (Å²) in [4.78, 5) is 52.8. The van der Waals surface area contributed by atoms with Crippen molar-refractivity contribution in [2.75, 3.05) is 23.4 Å². The maximum atomic E-state index is 12.9. The number of anilines is 2. The van der Waals surface area contributed by atoms with Crippen molar-refractivity contribution in [3.05, 3.63) is 45.8 Å². The highest BCUT2D eigenvalue weighted by Crippen LogP contribution is 2.40. The molecule has 1 aliphatic carbocycles. The van der Waals surface area contributed by atoms with Crippen molar-refractivity contribution in [2.24, 2.45) is 5.92 Å². The molecule has 2 aromatic rings. The predicted octanol–water partition coefficient (Wildman–Crippen LogP) is 4.36. The van der Waals surface area contributed by atoms with Crippen molar-refractivity contribution in [3.8, 4) is 0 Å². The maximum absolute atomic E-state index is 12.9. The molecule has 1 fully saturated rings. The third-order valence-electron chi connectivity index (χ3n) is 6.37. The summed E-state index contributed by atoms with van der Waals surface area (Å²) >= 11 is 1.39. The predicted molar refractivity (Wildman–Crippen MR) is 133 cm³/mol. The molecule has 1 N–H and O–H groups in total. The standard InChI is InChI=1S/C26H30N2O6S/c1-4-33-26(32)22-19-12-7-15(2)14-20(19)35-24(22)27-23(30)16(3)34-25(31)17-8-10-18(11-9-17)28-13-5-6-21(28)29/h8-11,15-16H,4-7,12-14H2,1-3H3,(H,27,30). The van der Waals surface area contributed by atoms with E-state index in [0.29, 0.717) is 29.4 Å². The molecule has 186 valence electrons. The van der Waals surface area contributed by atoms with E-state index in [0.717, 1.165) is 41.8 Å². The van der Waals surface area contributed by atoms with E-state index in [-0.39, 0.29) is 18.1 Å². The highest BCUT2D eigenvalue weighted by Gasteiger charge is 2.30. The van der Waals surface area contributed by atoms with Gasteiger partial charge < -0.3 is 19.7 Å². The second-order valence-corrected chi connectivity index (χ2v) is 10.1. The topological polar surface area (TPSA) is 102 Å². The summed E-state index contributed by atoms with van der Waals surface area (Å²) in [6, 6.07) is 6.57. The second-order valence-electron chi connectivity index (χ2n) is 9.01. The average Bonchev–Trinajstić information content (AvgIpc) is 3.41. The number of amides is 2. The van der Waals surface area contributed by atoms with Gasteiger partial charge in [0.05, 0.1) is 17.7 Å². The Bertz CT molecular complexity index is 1140. The Morgan fingerprint density at radius 3 is 2.57 bits per heavy atom. The Balaban J connectivity index is 1.43. The van der Waals surface area contributed by atoms with Crippen LogP contribution in [0.25, 0.3) is 0 Å². The molecule has 1 aromatic heterocycles. The van der Waals surface area contributed by atoms with Gasteiger partial charge >= 0.3 is 11.9 Å². The number of thiophene rings is 1. The maximum Gasteiger partial charge on any atom is 0.341 e. The van der Waals surface area contributed by atoms with Crippen molar-refractivity contribution in [3.63, 3.8) is 0 Å². The molecule has 2 heterocycles. The van der Waals surface area contributed by atoms with E-state index in [1.165, 1.54) is 18.3 Å². The minimum absolute atomic E-state index is 0.0671. The molecule has 2 atom stereocenters. The lowest BCUT2D eigenvalue weighted by Gasteiger charge is -2.18. The number of esters is 2. The Kier molecular flexibility index (Phi) is 7.54. The van der Waals surface area contributed by atoms with Crippen LogP contribution in [0.5, 0.6) is 0 Å². The quantitative estimate of drug-likeness (QED) is 0.569. The number of rotatable bonds is 7. The van der Waals surface area contributed by atoms with E-state index in [4.69, 9.17) is 9.47 Å². The van der Waals surface area contributed by atoms with E-state index in [1.54, 1.807) is 36.1 Å². The van der Waals surface area contributed by atoms with Gasteiger partial charge in [0.1, 0.15) is 5.00 Å². The van der Waals surface area contributed by atoms with Gasteiger partial charge in [-0.1, -0.05) is 6.92 Å². The molecule has 2 amide bonds. The number of nitrogens with zero attached hydrogens (tertiary/aromatic N) is 1. The molecule has 0 saturated carbocycles. The van der Waals surface area contributed by atoms with Crippen LogP contribution in [0.3, 0.4) is 0 Å². The van der Waals surface area contributed by atoms with Gasteiger partial charge in [0.25, 0.3) is 5.91 Å². The molecule has 1 saturated heterocycles. The van der Waals surface area contributed by atoms with Crippen LogP contribution >= 0.6 is 11.3 Å². The van der Waals surface area contributed by atoms with E-state index in [1.807, 2.05) is 0 Å². The van der Waals surface area contributed by atoms with Crippen molar-refractivity contribution in [1.29, 1.82) is 0 Å². The fourth-order valence-corrected chi connectivity index (χ4v) is 5.85. The fourth-order valence-electron chi connectivity index (χ4n) is 4.45. The van der Waals surface area contributed by atoms with Crippen LogP contribution in [-0.4, -0.2) is 43.0 Å². The monoisotopic (exact) mass is 498 g/mol. The van der Waals surface area contributed by atoms with Crippen LogP contribution in [0.1, 0.15) is 71.2 Å². The molecule has 35 heavy (non-hydrogen) atoms. The summed E-state index contributed by atoms with van der Waals surface area (Å²) in [7, 11) is 0. The molecule has 9 heteroatoms. The molecular formula is C26H30N2O6S. The lowest BCUT2D eigenvalue weighted by Crippen LogP contribution is -2.30. The van der Waals surface area contributed by atoms with E-state index in [2.05, 4.69) is 12.2 Å². The molecule has 2 aliphatic rings. The van der Waals surface area contributed by atoms with Gasteiger partial charge in [-0.15, -0.1) is 11.3 Å². The summed E-state index contributed by atoms with van der Waals surface area (Å²) in [5.74, 6) is -1.03. The number of carbonyl (C=O) groups is 4. The van der Waals surface area contributed by atoms with Crippen LogP contribution in [0, 0.1) is 5.92 Å². The first-order chi connectivity index (χ1) is 16.8. The molecule has 0 spiro atoms. The zero-order valence-corrected chi connectivity index (χ0v) is 21.0. The number of ether oxygens (including phenoxy) is 2. The highest BCUT2D eigenvalue weighted by atomic mass is 32.1. The lowest BCUT2D eigenvalue weighted by atomic mass is 9.88. The number of hydrogen-bond acceptors (Lipinski definition) is 7. The van der Waals surface area contributed by atoms with Gasteiger partial charge in [-0.05, 0) is 75.3 Å².